The van der Waals surface area contributed by atoms with E-state index in [4.69, 9.17) is 4.55 Å². The number of fused-ring (bicyclic) bond motifs is 1. The molecule has 1 unspecified atom stereocenters. The maximum absolute atomic E-state index is 12.6. The first kappa shape index (κ1) is 23.1. The molecule has 1 saturated heterocycles. The minimum absolute atomic E-state index is 0.00319. The molecular formula is C16H23N5O6S3. The van der Waals surface area contributed by atoms with Crippen molar-refractivity contribution >= 4 is 45.5 Å². The molecule has 11 nitrogen and oxygen atoms in total. The van der Waals surface area contributed by atoms with Crippen LogP contribution in [0, 0.1) is 0 Å². The minimum Gasteiger partial charge on any atom is -0.477 e. The van der Waals surface area contributed by atoms with Gasteiger partial charge in [-0.25, -0.2) is 9.78 Å². The van der Waals surface area contributed by atoms with Crippen molar-refractivity contribution in [3.05, 3.63) is 17.1 Å². The molecule has 4 N–H and O–H groups in total. The Balaban J connectivity index is 1.64. The Hall–Kier alpha value is -1.61. The molecule has 1 fully saturated rings. The Kier molecular flexibility index (Phi) is 7.44. The molecule has 0 bridgehead atoms. The van der Waals surface area contributed by atoms with Gasteiger partial charge >= 0.3 is 5.97 Å². The van der Waals surface area contributed by atoms with Crippen LogP contribution in [0.5, 0.6) is 0 Å². The van der Waals surface area contributed by atoms with Crippen LogP contribution in [-0.4, -0.2) is 79.5 Å². The summed E-state index contributed by atoms with van der Waals surface area (Å²) in [6.07, 6.45) is 3.13. The summed E-state index contributed by atoms with van der Waals surface area (Å²) in [5.41, 5.74) is 0.573. The highest BCUT2D eigenvalue weighted by Gasteiger charge is 2.53. The third kappa shape index (κ3) is 5.35. The molecule has 0 aliphatic carbocycles. The molecule has 166 valence electrons. The maximum atomic E-state index is 12.6. The number of aliphatic carboxylic acids is 1. The van der Waals surface area contributed by atoms with Crippen LogP contribution in [0.3, 0.4) is 0 Å². The molecule has 0 spiro atoms. The van der Waals surface area contributed by atoms with Crippen LogP contribution < -0.4 is 5.32 Å². The van der Waals surface area contributed by atoms with Gasteiger partial charge in [-0.2, -0.15) is 8.42 Å². The van der Waals surface area contributed by atoms with Gasteiger partial charge in [0.25, 0.3) is 10.1 Å². The zero-order valence-corrected chi connectivity index (χ0v) is 18.6. The third-order valence-electron chi connectivity index (χ3n) is 4.60. The van der Waals surface area contributed by atoms with Crippen molar-refractivity contribution in [3.63, 3.8) is 0 Å². The quantitative estimate of drug-likeness (QED) is 0.153. The van der Waals surface area contributed by atoms with Crippen LogP contribution in [0.4, 0.5) is 0 Å². The first-order chi connectivity index (χ1) is 14.2. The zero-order chi connectivity index (χ0) is 21.9. The Morgan fingerprint density at radius 3 is 2.87 bits per heavy atom. The SMILES string of the molecule is CCCCCNC1C(=O)N2C(C(=O)O)=C(CSc3n[nH]c(CS(=O)(=O)O)n3)CS[C@H]12. The predicted octanol–water partition coefficient (Wildman–Crippen LogP) is 0.687. The second-order valence-corrected chi connectivity index (χ2v) is 10.4. The van der Waals surface area contributed by atoms with Gasteiger partial charge in [0.05, 0.1) is 0 Å². The van der Waals surface area contributed by atoms with Crippen molar-refractivity contribution < 1.29 is 27.7 Å². The number of aromatic amines is 1. The maximum Gasteiger partial charge on any atom is 0.352 e. The molecule has 2 aliphatic heterocycles. The van der Waals surface area contributed by atoms with E-state index in [1.807, 2.05) is 0 Å². The fourth-order valence-electron chi connectivity index (χ4n) is 3.21. The molecule has 1 aromatic heterocycles. The number of aromatic nitrogens is 3. The lowest BCUT2D eigenvalue weighted by atomic mass is 10.0. The average Bonchev–Trinajstić information content (AvgIpc) is 3.10. The number of H-pyrrole nitrogens is 1. The molecule has 2 atom stereocenters. The summed E-state index contributed by atoms with van der Waals surface area (Å²) < 4.78 is 30.7. The van der Waals surface area contributed by atoms with Gasteiger partial charge in [-0.05, 0) is 18.5 Å². The monoisotopic (exact) mass is 477 g/mol. The van der Waals surface area contributed by atoms with E-state index in [2.05, 4.69) is 27.4 Å². The molecule has 30 heavy (non-hydrogen) atoms. The number of thioether (sulfide) groups is 2. The highest BCUT2D eigenvalue weighted by Crippen LogP contribution is 2.41. The third-order valence-corrected chi connectivity index (χ3v) is 7.51. The van der Waals surface area contributed by atoms with Crippen LogP contribution in [-0.2, 0) is 25.5 Å². The Morgan fingerprint density at radius 1 is 1.43 bits per heavy atom. The van der Waals surface area contributed by atoms with Crippen molar-refractivity contribution in [2.75, 3.05) is 18.1 Å². The summed E-state index contributed by atoms with van der Waals surface area (Å²) in [6, 6.07) is -0.369. The molecule has 2 aliphatic rings. The standard InChI is InChI=1S/C16H23N5O6S3/c1-2-3-4-5-17-11-13(22)21-12(15(23)24)9(6-28-14(11)21)7-29-16-18-10(19-20-16)8-30(25,26)27/h11,14,17H,2-8H2,1H3,(H,23,24)(H,18,19,20)(H,25,26,27)/t11?,14-/m1/s1. The number of β-lactam (4-membered cyclic amide) rings is 1. The zero-order valence-electron chi connectivity index (χ0n) is 16.2. The number of nitrogens with zero attached hydrogens (tertiary/aromatic N) is 3. The van der Waals surface area contributed by atoms with Crippen molar-refractivity contribution in [1.29, 1.82) is 0 Å². The fourth-order valence-corrected chi connectivity index (χ4v) is 6.02. The van der Waals surface area contributed by atoms with Crippen molar-refractivity contribution in [3.8, 4) is 0 Å². The van der Waals surface area contributed by atoms with Crippen LogP contribution in [0.1, 0.15) is 32.0 Å². The van der Waals surface area contributed by atoms with Gasteiger partial charge in [-0.3, -0.25) is 19.3 Å². The number of hydrogen-bond acceptors (Lipinski definition) is 9. The van der Waals surface area contributed by atoms with E-state index in [1.54, 1.807) is 0 Å². The highest BCUT2D eigenvalue weighted by atomic mass is 32.2. The lowest BCUT2D eigenvalue weighted by Gasteiger charge is -2.49. The van der Waals surface area contributed by atoms with E-state index < -0.39 is 21.8 Å². The molecule has 14 heteroatoms. The largest absolute Gasteiger partial charge is 0.477 e. The van der Waals surface area contributed by atoms with E-state index in [-0.39, 0.29) is 39.8 Å². The number of rotatable bonds is 11. The number of carboxylic acids is 1. The molecule has 0 saturated carbocycles. The normalized spacial score (nSPS) is 21.5. The van der Waals surface area contributed by atoms with Gasteiger partial charge in [0.1, 0.15) is 28.7 Å². The first-order valence-electron chi connectivity index (χ1n) is 9.34. The van der Waals surface area contributed by atoms with Crippen molar-refractivity contribution in [2.45, 2.75) is 48.5 Å². The van der Waals surface area contributed by atoms with Crippen molar-refractivity contribution in [2.24, 2.45) is 0 Å². The number of carbonyl (C=O) groups excluding carboxylic acids is 1. The van der Waals surface area contributed by atoms with Crippen LogP contribution in [0.15, 0.2) is 16.4 Å². The van der Waals surface area contributed by atoms with E-state index in [9.17, 15) is 23.1 Å². The highest BCUT2D eigenvalue weighted by molar-refractivity contribution is 8.01. The van der Waals surface area contributed by atoms with Crippen LogP contribution in [0.25, 0.3) is 0 Å². The Morgan fingerprint density at radius 2 is 2.20 bits per heavy atom. The van der Waals surface area contributed by atoms with Gasteiger partial charge in [0.15, 0.2) is 0 Å². The lowest BCUT2D eigenvalue weighted by molar-refractivity contribution is -0.149. The van der Waals surface area contributed by atoms with E-state index in [0.29, 0.717) is 11.3 Å². The molecule has 0 aromatic carbocycles. The van der Waals surface area contributed by atoms with Crippen LogP contribution in [0.2, 0.25) is 0 Å². The number of hydrogen-bond donors (Lipinski definition) is 4. The number of carboxylic acid groups (broad SMARTS) is 1. The van der Waals surface area contributed by atoms with Gasteiger partial charge < -0.3 is 10.4 Å². The summed E-state index contributed by atoms with van der Waals surface area (Å²) in [5.74, 6) is -1.40. The second kappa shape index (κ2) is 9.68. The molecule has 3 heterocycles. The van der Waals surface area contributed by atoms with E-state index >= 15 is 0 Å². The number of unbranched alkanes of at least 4 members (excludes halogenated alkanes) is 2. The van der Waals surface area contributed by atoms with Gasteiger partial charge in [0, 0.05) is 11.5 Å². The second-order valence-electron chi connectivity index (χ2n) is 6.89. The number of nitrogens with one attached hydrogen (secondary N) is 2. The molecule has 1 amide bonds. The summed E-state index contributed by atoms with van der Waals surface area (Å²) >= 11 is 2.64. The summed E-state index contributed by atoms with van der Waals surface area (Å²) in [6.45, 7) is 2.82. The molecular weight excluding hydrogens is 454 g/mol. The molecule has 0 radical (unpaired) electrons. The molecule has 3 rings (SSSR count). The van der Waals surface area contributed by atoms with Crippen molar-refractivity contribution in [1.82, 2.24) is 25.4 Å². The van der Waals surface area contributed by atoms with Crippen LogP contribution >= 0.6 is 23.5 Å². The first-order valence-corrected chi connectivity index (χ1v) is 13.0. The minimum atomic E-state index is -4.23. The predicted molar refractivity (Wildman–Crippen MR) is 111 cm³/mol. The summed E-state index contributed by atoms with van der Waals surface area (Å²) in [5, 5.41) is 19.2. The smallest absolute Gasteiger partial charge is 0.352 e. The van der Waals surface area contributed by atoms with Gasteiger partial charge in [-0.15, -0.1) is 16.9 Å². The number of amides is 1. The van der Waals surface area contributed by atoms with Gasteiger partial charge in [0.2, 0.25) is 11.1 Å². The Bertz CT molecular complexity index is 947. The fraction of sp³-hybridized carbons (Fsp3) is 0.625. The van der Waals surface area contributed by atoms with E-state index in [1.165, 1.54) is 16.7 Å². The topological polar surface area (TPSA) is 166 Å². The van der Waals surface area contributed by atoms with E-state index in [0.717, 1.165) is 37.6 Å². The van der Waals surface area contributed by atoms with Gasteiger partial charge in [-0.1, -0.05) is 31.5 Å². The summed E-state index contributed by atoms with van der Waals surface area (Å²) in [7, 11) is -4.23. The summed E-state index contributed by atoms with van der Waals surface area (Å²) in [4.78, 5) is 29.7. The number of carbonyl (C=O) groups is 2. The lowest BCUT2D eigenvalue weighted by Crippen LogP contribution is -2.70. The average molecular weight is 478 g/mol. The Labute approximate surface area is 182 Å². The molecule has 1 aromatic rings.